The first-order valence-electron chi connectivity index (χ1n) is 9.46. The third-order valence-electron chi connectivity index (χ3n) is 4.24. The van der Waals surface area contributed by atoms with Crippen LogP contribution in [0, 0.1) is 0 Å². The van der Waals surface area contributed by atoms with Gasteiger partial charge in [0.25, 0.3) is 0 Å². The summed E-state index contributed by atoms with van der Waals surface area (Å²) in [5.41, 5.74) is -0.549. The molecule has 1 saturated carbocycles. The van der Waals surface area contributed by atoms with Crippen molar-refractivity contribution in [1.29, 1.82) is 0 Å². The van der Waals surface area contributed by atoms with E-state index >= 15 is 0 Å². The SMILES string of the molecule is CC(C)(C)OC(=O)N1CCN(C(=O)CCC(=O)NCC(=O)NC2CC2)CC1. The van der Waals surface area contributed by atoms with Crippen LogP contribution in [0.15, 0.2) is 0 Å². The molecule has 1 aliphatic heterocycles. The third-order valence-corrected chi connectivity index (χ3v) is 4.24. The molecule has 1 aliphatic carbocycles. The van der Waals surface area contributed by atoms with E-state index in [2.05, 4.69) is 10.6 Å². The molecule has 2 rings (SSSR count). The number of nitrogens with one attached hydrogen (secondary N) is 2. The van der Waals surface area contributed by atoms with Gasteiger partial charge in [0, 0.05) is 45.1 Å². The minimum Gasteiger partial charge on any atom is -0.444 e. The zero-order chi connectivity index (χ0) is 20.0. The quantitative estimate of drug-likeness (QED) is 0.684. The zero-order valence-electron chi connectivity index (χ0n) is 16.4. The predicted molar refractivity (Wildman–Crippen MR) is 97.8 cm³/mol. The molecule has 0 radical (unpaired) electrons. The summed E-state index contributed by atoms with van der Waals surface area (Å²) in [6, 6.07) is 0.260. The number of ether oxygens (including phenoxy) is 1. The molecule has 0 atom stereocenters. The van der Waals surface area contributed by atoms with E-state index in [0.29, 0.717) is 26.2 Å². The topological polar surface area (TPSA) is 108 Å². The lowest BCUT2D eigenvalue weighted by atomic mass is 10.2. The van der Waals surface area contributed by atoms with Gasteiger partial charge in [0.15, 0.2) is 0 Å². The van der Waals surface area contributed by atoms with Crippen LogP contribution in [0.4, 0.5) is 4.79 Å². The van der Waals surface area contributed by atoms with Gasteiger partial charge in [-0.2, -0.15) is 0 Å². The number of nitrogens with zero attached hydrogens (tertiary/aromatic N) is 2. The summed E-state index contributed by atoms with van der Waals surface area (Å²) in [5, 5.41) is 5.31. The molecule has 2 N–H and O–H groups in total. The van der Waals surface area contributed by atoms with E-state index in [1.54, 1.807) is 9.80 Å². The highest BCUT2D eigenvalue weighted by Gasteiger charge is 2.28. The molecule has 0 aromatic heterocycles. The smallest absolute Gasteiger partial charge is 0.410 e. The fourth-order valence-corrected chi connectivity index (χ4v) is 2.62. The van der Waals surface area contributed by atoms with Gasteiger partial charge in [0.2, 0.25) is 17.7 Å². The van der Waals surface area contributed by atoms with E-state index in [9.17, 15) is 19.2 Å². The molecule has 0 aromatic carbocycles. The minimum absolute atomic E-state index is 0.0435. The number of rotatable bonds is 6. The first-order valence-corrected chi connectivity index (χ1v) is 9.46. The van der Waals surface area contributed by atoms with Gasteiger partial charge in [-0.15, -0.1) is 0 Å². The Morgan fingerprint density at radius 3 is 2.07 bits per heavy atom. The van der Waals surface area contributed by atoms with Crippen molar-refractivity contribution in [2.24, 2.45) is 0 Å². The fourth-order valence-electron chi connectivity index (χ4n) is 2.62. The molecule has 152 valence electrons. The summed E-state index contributed by atoms with van der Waals surface area (Å²) >= 11 is 0. The normalized spacial score (nSPS) is 17.3. The van der Waals surface area contributed by atoms with Gasteiger partial charge in [-0.25, -0.2) is 4.79 Å². The number of hydrogen-bond donors (Lipinski definition) is 2. The van der Waals surface area contributed by atoms with E-state index in [1.165, 1.54) is 0 Å². The van der Waals surface area contributed by atoms with Gasteiger partial charge in [0.1, 0.15) is 5.60 Å². The van der Waals surface area contributed by atoms with Gasteiger partial charge >= 0.3 is 6.09 Å². The van der Waals surface area contributed by atoms with E-state index in [0.717, 1.165) is 12.8 Å². The van der Waals surface area contributed by atoms with E-state index in [-0.39, 0.29) is 49.2 Å². The molecule has 1 heterocycles. The monoisotopic (exact) mass is 382 g/mol. The van der Waals surface area contributed by atoms with Gasteiger partial charge in [0.05, 0.1) is 6.54 Å². The summed E-state index contributed by atoms with van der Waals surface area (Å²) in [6.45, 7) is 7.04. The Hall–Kier alpha value is -2.32. The van der Waals surface area contributed by atoms with E-state index < -0.39 is 5.60 Å². The van der Waals surface area contributed by atoms with Crippen molar-refractivity contribution in [3.8, 4) is 0 Å². The molecule has 27 heavy (non-hydrogen) atoms. The van der Waals surface area contributed by atoms with Crippen molar-refractivity contribution < 1.29 is 23.9 Å². The molecule has 2 fully saturated rings. The summed E-state index contributed by atoms with van der Waals surface area (Å²) in [5.74, 6) is -0.645. The lowest BCUT2D eigenvalue weighted by Crippen LogP contribution is -2.51. The molecule has 9 nitrogen and oxygen atoms in total. The number of carbonyl (C=O) groups excluding carboxylic acids is 4. The maximum absolute atomic E-state index is 12.2. The van der Waals surface area contributed by atoms with Crippen molar-refractivity contribution in [1.82, 2.24) is 20.4 Å². The predicted octanol–water partition coefficient (Wildman–Crippen LogP) is 0.241. The van der Waals surface area contributed by atoms with Crippen LogP contribution in [-0.2, 0) is 19.1 Å². The van der Waals surface area contributed by atoms with Crippen LogP contribution >= 0.6 is 0 Å². The van der Waals surface area contributed by atoms with Crippen molar-refractivity contribution in [3.05, 3.63) is 0 Å². The van der Waals surface area contributed by atoms with Crippen LogP contribution in [0.1, 0.15) is 46.5 Å². The number of carbonyl (C=O) groups is 4. The minimum atomic E-state index is -0.549. The summed E-state index contributed by atoms with van der Waals surface area (Å²) in [7, 11) is 0. The van der Waals surface area contributed by atoms with Crippen LogP contribution in [0.25, 0.3) is 0 Å². The van der Waals surface area contributed by atoms with Crippen LogP contribution in [-0.4, -0.2) is 78.0 Å². The van der Waals surface area contributed by atoms with Crippen LogP contribution in [0.2, 0.25) is 0 Å². The van der Waals surface area contributed by atoms with Crippen molar-refractivity contribution in [3.63, 3.8) is 0 Å². The van der Waals surface area contributed by atoms with Gasteiger partial charge < -0.3 is 25.2 Å². The molecular formula is C18H30N4O5. The molecule has 0 spiro atoms. The van der Waals surface area contributed by atoms with Crippen molar-refractivity contribution in [2.75, 3.05) is 32.7 Å². The fraction of sp³-hybridized carbons (Fsp3) is 0.778. The molecule has 4 amide bonds. The first kappa shape index (κ1) is 21.0. The summed E-state index contributed by atoms with van der Waals surface area (Å²) in [6.07, 6.45) is 1.74. The third kappa shape index (κ3) is 7.84. The van der Waals surface area contributed by atoms with Crippen molar-refractivity contribution >= 4 is 23.8 Å². The molecule has 0 bridgehead atoms. The summed E-state index contributed by atoms with van der Waals surface area (Å²) < 4.78 is 5.32. The Labute approximate surface area is 159 Å². The highest BCUT2D eigenvalue weighted by Crippen LogP contribution is 2.18. The molecule has 0 aromatic rings. The molecule has 1 saturated heterocycles. The highest BCUT2D eigenvalue weighted by atomic mass is 16.6. The van der Waals surface area contributed by atoms with Gasteiger partial charge in [-0.3, -0.25) is 14.4 Å². The number of amides is 4. The van der Waals surface area contributed by atoms with Crippen LogP contribution in [0.3, 0.4) is 0 Å². The maximum Gasteiger partial charge on any atom is 0.410 e. The Balaban J connectivity index is 1.61. The zero-order valence-corrected chi connectivity index (χ0v) is 16.4. The Bertz CT molecular complexity index is 575. The lowest BCUT2D eigenvalue weighted by molar-refractivity contribution is -0.135. The second-order valence-corrected chi connectivity index (χ2v) is 7.97. The molecule has 9 heteroatoms. The Morgan fingerprint density at radius 1 is 0.926 bits per heavy atom. The molecular weight excluding hydrogens is 352 g/mol. The largest absolute Gasteiger partial charge is 0.444 e. The van der Waals surface area contributed by atoms with E-state index in [1.807, 2.05) is 20.8 Å². The average molecular weight is 382 g/mol. The Morgan fingerprint density at radius 2 is 1.52 bits per heavy atom. The highest BCUT2D eigenvalue weighted by molar-refractivity contribution is 5.87. The summed E-state index contributed by atoms with van der Waals surface area (Å²) in [4.78, 5) is 50.8. The van der Waals surface area contributed by atoms with Crippen LogP contribution < -0.4 is 10.6 Å². The first-order chi connectivity index (χ1) is 12.6. The number of piperazine rings is 1. The molecule has 2 aliphatic rings. The van der Waals surface area contributed by atoms with Crippen molar-refractivity contribution in [2.45, 2.75) is 58.1 Å². The van der Waals surface area contributed by atoms with Gasteiger partial charge in [-0.1, -0.05) is 0 Å². The van der Waals surface area contributed by atoms with E-state index in [4.69, 9.17) is 4.74 Å². The standard InChI is InChI=1S/C18H30N4O5/c1-18(2,3)27-17(26)22-10-8-21(9-11-22)16(25)7-6-14(23)19-12-15(24)20-13-4-5-13/h13H,4-12H2,1-3H3,(H,19,23)(H,20,24). The van der Waals surface area contributed by atoms with Gasteiger partial charge in [-0.05, 0) is 33.6 Å². The molecule has 0 unspecified atom stereocenters. The lowest BCUT2D eigenvalue weighted by Gasteiger charge is -2.35. The van der Waals surface area contributed by atoms with Crippen LogP contribution in [0.5, 0.6) is 0 Å². The second-order valence-electron chi connectivity index (χ2n) is 7.97. The maximum atomic E-state index is 12.2. The average Bonchev–Trinajstić information content (AvgIpc) is 3.40. The number of hydrogen-bond acceptors (Lipinski definition) is 5. The second kappa shape index (κ2) is 9.05. The Kier molecular flexibility index (Phi) is 7.04.